The van der Waals surface area contributed by atoms with Gasteiger partial charge in [0.1, 0.15) is 6.04 Å². The Morgan fingerprint density at radius 2 is 2.05 bits per heavy atom. The summed E-state index contributed by atoms with van der Waals surface area (Å²) in [5.74, 6) is 0.525. The highest BCUT2D eigenvalue weighted by Crippen LogP contribution is 2.35. The van der Waals surface area contributed by atoms with Crippen molar-refractivity contribution < 1.29 is 9.59 Å². The van der Waals surface area contributed by atoms with Crippen LogP contribution in [0.5, 0.6) is 0 Å². The van der Waals surface area contributed by atoms with Crippen molar-refractivity contribution >= 4 is 11.8 Å². The van der Waals surface area contributed by atoms with E-state index < -0.39 is 0 Å². The van der Waals surface area contributed by atoms with E-state index in [4.69, 9.17) is 0 Å². The molecular weight excluding hydrogens is 252 g/mol. The second kappa shape index (κ2) is 4.93. The molecule has 1 aromatic carbocycles. The Labute approximate surface area is 119 Å². The zero-order valence-corrected chi connectivity index (χ0v) is 11.9. The molecule has 106 valence electrons. The van der Waals surface area contributed by atoms with Crippen LogP contribution >= 0.6 is 0 Å². The Balaban J connectivity index is 1.71. The number of carbonyl (C=O) groups excluding carboxylic acids is 2. The van der Waals surface area contributed by atoms with E-state index >= 15 is 0 Å². The van der Waals surface area contributed by atoms with Gasteiger partial charge in [0.05, 0.1) is 6.54 Å². The molecule has 1 fully saturated rings. The number of amides is 2. The molecule has 1 heterocycles. The van der Waals surface area contributed by atoms with Gasteiger partial charge in [0, 0.05) is 12.5 Å². The molecule has 2 atom stereocenters. The molecule has 1 N–H and O–H groups in total. The number of hydrogen-bond acceptors (Lipinski definition) is 2. The highest BCUT2D eigenvalue weighted by molar-refractivity contribution is 5.95. The van der Waals surface area contributed by atoms with Crippen molar-refractivity contribution in [2.75, 3.05) is 13.1 Å². The quantitative estimate of drug-likeness (QED) is 0.902. The molecule has 1 aromatic rings. The van der Waals surface area contributed by atoms with Crippen molar-refractivity contribution in [1.82, 2.24) is 10.2 Å². The van der Waals surface area contributed by atoms with Crippen molar-refractivity contribution in [3.63, 3.8) is 0 Å². The molecule has 4 heteroatoms. The third-order valence-electron chi connectivity index (χ3n) is 4.30. The van der Waals surface area contributed by atoms with Gasteiger partial charge in [-0.15, -0.1) is 0 Å². The molecule has 1 aliphatic carbocycles. The molecule has 0 aromatic heterocycles. The fraction of sp³-hybridized carbons (Fsp3) is 0.500. The number of rotatable bonds is 3. The topological polar surface area (TPSA) is 49.4 Å². The lowest BCUT2D eigenvalue weighted by molar-refractivity contribution is -0.145. The molecule has 0 radical (unpaired) electrons. The summed E-state index contributed by atoms with van der Waals surface area (Å²) >= 11 is 0. The molecule has 20 heavy (non-hydrogen) atoms. The first-order valence-electron chi connectivity index (χ1n) is 7.22. The zero-order valence-electron chi connectivity index (χ0n) is 11.9. The SMILES string of the molecule is CC(C)C1NC(=O)CN(CC2Cc3ccccc32)C1=O. The average Bonchev–Trinajstić information content (AvgIpc) is 2.39. The molecule has 4 nitrogen and oxygen atoms in total. The first-order valence-corrected chi connectivity index (χ1v) is 7.22. The second-order valence-electron chi connectivity index (χ2n) is 6.11. The molecule has 2 unspecified atom stereocenters. The summed E-state index contributed by atoms with van der Waals surface area (Å²) < 4.78 is 0. The van der Waals surface area contributed by atoms with Crippen LogP contribution in [0.1, 0.15) is 30.9 Å². The number of nitrogens with one attached hydrogen (secondary N) is 1. The van der Waals surface area contributed by atoms with Gasteiger partial charge in [0.25, 0.3) is 0 Å². The number of piperazine rings is 1. The maximum absolute atomic E-state index is 12.4. The standard InChI is InChI=1S/C16H20N2O2/c1-10(2)15-16(20)18(9-14(19)17-15)8-12-7-11-5-3-4-6-13(11)12/h3-6,10,12,15H,7-9H2,1-2H3,(H,17,19). The fourth-order valence-electron chi connectivity index (χ4n) is 3.13. The van der Waals surface area contributed by atoms with Gasteiger partial charge in [-0.3, -0.25) is 9.59 Å². The van der Waals surface area contributed by atoms with E-state index in [2.05, 4.69) is 17.4 Å². The summed E-state index contributed by atoms with van der Waals surface area (Å²) in [6, 6.07) is 7.97. The van der Waals surface area contributed by atoms with Gasteiger partial charge >= 0.3 is 0 Å². The molecule has 1 saturated heterocycles. The Hall–Kier alpha value is -1.84. The lowest BCUT2D eigenvalue weighted by Crippen LogP contribution is -2.60. The van der Waals surface area contributed by atoms with Crippen molar-refractivity contribution in [2.45, 2.75) is 32.2 Å². The van der Waals surface area contributed by atoms with E-state index in [-0.39, 0.29) is 30.3 Å². The molecule has 1 aliphatic heterocycles. The van der Waals surface area contributed by atoms with Crippen LogP contribution in [0.3, 0.4) is 0 Å². The van der Waals surface area contributed by atoms with Crippen LogP contribution in [-0.4, -0.2) is 35.8 Å². The van der Waals surface area contributed by atoms with Gasteiger partial charge in [-0.05, 0) is 23.5 Å². The smallest absolute Gasteiger partial charge is 0.245 e. The van der Waals surface area contributed by atoms with Crippen LogP contribution in [0.2, 0.25) is 0 Å². The molecule has 0 saturated carbocycles. The molecule has 0 spiro atoms. The number of benzene rings is 1. The number of fused-ring (bicyclic) bond motifs is 1. The van der Waals surface area contributed by atoms with E-state index in [0.717, 1.165) is 6.42 Å². The Morgan fingerprint density at radius 3 is 2.75 bits per heavy atom. The van der Waals surface area contributed by atoms with E-state index in [0.29, 0.717) is 12.5 Å². The van der Waals surface area contributed by atoms with Gasteiger partial charge in [-0.1, -0.05) is 38.1 Å². The second-order valence-corrected chi connectivity index (χ2v) is 6.11. The molecule has 2 amide bonds. The van der Waals surface area contributed by atoms with Crippen LogP contribution in [-0.2, 0) is 16.0 Å². The van der Waals surface area contributed by atoms with E-state index in [1.54, 1.807) is 4.90 Å². The zero-order chi connectivity index (χ0) is 14.3. The van der Waals surface area contributed by atoms with Gasteiger partial charge in [0.2, 0.25) is 11.8 Å². The minimum absolute atomic E-state index is 0.0455. The molecule has 0 bridgehead atoms. The van der Waals surface area contributed by atoms with Crippen LogP contribution in [0.15, 0.2) is 24.3 Å². The van der Waals surface area contributed by atoms with Crippen molar-refractivity contribution in [2.24, 2.45) is 5.92 Å². The van der Waals surface area contributed by atoms with Gasteiger partial charge in [-0.2, -0.15) is 0 Å². The summed E-state index contributed by atoms with van der Waals surface area (Å²) in [6.45, 7) is 4.78. The third-order valence-corrected chi connectivity index (χ3v) is 4.30. The Morgan fingerprint density at radius 1 is 1.30 bits per heavy atom. The monoisotopic (exact) mass is 272 g/mol. The van der Waals surface area contributed by atoms with Crippen LogP contribution < -0.4 is 5.32 Å². The molecule has 3 rings (SSSR count). The summed E-state index contributed by atoms with van der Waals surface area (Å²) in [7, 11) is 0. The van der Waals surface area contributed by atoms with Gasteiger partial charge in [-0.25, -0.2) is 0 Å². The summed E-state index contributed by atoms with van der Waals surface area (Å²) in [4.78, 5) is 25.9. The number of hydrogen-bond donors (Lipinski definition) is 1. The highest BCUT2D eigenvalue weighted by atomic mass is 16.2. The first kappa shape index (κ1) is 13.2. The fourth-order valence-corrected chi connectivity index (χ4v) is 3.13. The summed E-state index contributed by atoms with van der Waals surface area (Å²) in [6.07, 6.45) is 1.01. The molecular formula is C16H20N2O2. The third kappa shape index (κ3) is 2.19. The van der Waals surface area contributed by atoms with Crippen molar-refractivity contribution in [3.05, 3.63) is 35.4 Å². The maximum atomic E-state index is 12.4. The van der Waals surface area contributed by atoms with E-state index in [1.165, 1.54) is 11.1 Å². The molecule has 2 aliphatic rings. The summed E-state index contributed by atoms with van der Waals surface area (Å²) in [5.41, 5.74) is 2.69. The minimum Gasteiger partial charge on any atom is -0.343 e. The number of carbonyl (C=O) groups is 2. The highest BCUT2D eigenvalue weighted by Gasteiger charge is 2.37. The van der Waals surface area contributed by atoms with Gasteiger partial charge < -0.3 is 10.2 Å². The van der Waals surface area contributed by atoms with E-state index in [1.807, 2.05) is 26.0 Å². The average molecular weight is 272 g/mol. The van der Waals surface area contributed by atoms with E-state index in [9.17, 15) is 9.59 Å². The Kier molecular flexibility index (Phi) is 3.24. The normalized spacial score (nSPS) is 25.2. The summed E-state index contributed by atoms with van der Waals surface area (Å²) in [5, 5.41) is 2.79. The maximum Gasteiger partial charge on any atom is 0.245 e. The van der Waals surface area contributed by atoms with Crippen molar-refractivity contribution in [3.8, 4) is 0 Å². The Bertz CT molecular complexity index is 553. The van der Waals surface area contributed by atoms with Crippen LogP contribution in [0, 0.1) is 5.92 Å². The lowest BCUT2D eigenvalue weighted by Gasteiger charge is -2.39. The largest absolute Gasteiger partial charge is 0.343 e. The predicted molar refractivity (Wildman–Crippen MR) is 76.2 cm³/mol. The predicted octanol–water partition coefficient (Wildman–Crippen LogP) is 1.31. The number of nitrogens with zero attached hydrogens (tertiary/aromatic N) is 1. The first-order chi connectivity index (χ1) is 9.56. The lowest BCUT2D eigenvalue weighted by atomic mass is 9.77. The van der Waals surface area contributed by atoms with Crippen LogP contribution in [0.25, 0.3) is 0 Å². The van der Waals surface area contributed by atoms with Crippen molar-refractivity contribution in [1.29, 1.82) is 0 Å². The van der Waals surface area contributed by atoms with Gasteiger partial charge in [0.15, 0.2) is 0 Å². The minimum atomic E-state index is -0.369. The van der Waals surface area contributed by atoms with Crippen LogP contribution in [0.4, 0.5) is 0 Å².